The number of hydrogen-bond acceptors (Lipinski definition) is 7. The second-order valence-corrected chi connectivity index (χ2v) is 7.68. The van der Waals surface area contributed by atoms with Gasteiger partial charge in [-0.2, -0.15) is 5.26 Å². The van der Waals surface area contributed by atoms with E-state index in [9.17, 15) is 19.6 Å². The fourth-order valence-electron chi connectivity index (χ4n) is 3.10. The Bertz CT molecular complexity index is 927. The second-order valence-electron chi connectivity index (χ2n) is 6.57. The molecule has 152 valence electrons. The smallest absolute Gasteiger partial charge is 0.308 e. The number of rotatable bonds is 7. The lowest BCUT2D eigenvalue weighted by Gasteiger charge is -2.06. The molecule has 2 aromatic rings. The molecule has 9 heteroatoms. The topological polar surface area (TPSA) is 121 Å². The van der Waals surface area contributed by atoms with Gasteiger partial charge in [0.15, 0.2) is 12.4 Å². The third kappa shape index (κ3) is 5.45. The van der Waals surface area contributed by atoms with Gasteiger partial charge in [-0.25, -0.2) is 0 Å². The summed E-state index contributed by atoms with van der Waals surface area (Å²) in [5, 5.41) is 15.2. The van der Waals surface area contributed by atoms with Crippen molar-refractivity contribution >= 4 is 34.1 Å². The number of hydrogen-bond donors (Lipinski definition) is 2. The van der Waals surface area contributed by atoms with Gasteiger partial charge in [0.1, 0.15) is 11.1 Å². The Morgan fingerprint density at radius 2 is 2.07 bits per heavy atom. The predicted octanol–water partition coefficient (Wildman–Crippen LogP) is 2.78. The lowest BCUT2D eigenvalue weighted by Crippen LogP contribution is -2.27. The molecule has 0 aliphatic heterocycles. The largest absolute Gasteiger partial charge is 0.459 e. The quantitative estimate of drug-likeness (QED) is 0.530. The van der Waals surface area contributed by atoms with Crippen LogP contribution in [0.5, 0.6) is 0 Å². The number of carbonyl (C=O) groups is 3. The van der Waals surface area contributed by atoms with E-state index in [-0.39, 0.29) is 18.7 Å². The minimum absolute atomic E-state index is 0.0657. The molecule has 2 aromatic heterocycles. The number of esters is 1. The van der Waals surface area contributed by atoms with E-state index >= 15 is 0 Å². The van der Waals surface area contributed by atoms with Crippen LogP contribution < -0.4 is 10.6 Å². The van der Waals surface area contributed by atoms with Crippen LogP contribution in [0.4, 0.5) is 5.00 Å². The summed E-state index contributed by atoms with van der Waals surface area (Å²) in [6, 6.07) is 5.29. The van der Waals surface area contributed by atoms with Gasteiger partial charge in [-0.15, -0.1) is 11.3 Å². The molecule has 0 aromatic carbocycles. The van der Waals surface area contributed by atoms with Crippen LogP contribution in [0.25, 0.3) is 0 Å². The van der Waals surface area contributed by atoms with Crippen LogP contribution >= 0.6 is 11.3 Å². The van der Waals surface area contributed by atoms with E-state index in [0.29, 0.717) is 10.6 Å². The Labute approximate surface area is 171 Å². The number of carbonyl (C=O) groups excluding carboxylic acids is 3. The Morgan fingerprint density at radius 1 is 1.24 bits per heavy atom. The first-order chi connectivity index (χ1) is 14.1. The molecule has 1 aliphatic rings. The van der Waals surface area contributed by atoms with Crippen LogP contribution in [-0.2, 0) is 27.2 Å². The molecule has 2 heterocycles. The molecule has 29 heavy (non-hydrogen) atoms. The maximum Gasteiger partial charge on any atom is 0.308 e. The molecule has 2 amide bonds. The van der Waals surface area contributed by atoms with Crippen molar-refractivity contribution in [3.05, 3.63) is 40.2 Å². The highest BCUT2D eigenvalue weighted by Gasteiger charge is 2.21. The van der Waals surface area contributed by atoms with Crippen LogP contribution in [-0.4, -0.2) is 30.9 Å². The van der Waals surface area contributed by atoms with E-state index < -0.39 is 24.4 Å². The van der Waals surface area contributed by atoms with Crippen molar-refractivity contribution in [1.82, 2.24) is 5.32 Å². The van der Waals surface area contributed by atoms with Crippen molar-refractivity contribution in [2.75, 3.05) is 18.5 Å². The van der Waals surface area contributed by atoms with E-state index in [4.69, 9.17) is 9.15 Å². The highest BCUT2D eigenvalue weighted by molar-refractivity contribution is 7.16. The first kappa shape index (κ1) is 20.6. The summed E-state index contributed by atoms with van der Waals surface area (Å²) in [6.07, 6.45) is 6.35. The standard InChI is InChI=1S/C20H21N3O5S/c21-11-14-13-5-2-1-3-7-16(13)29-20(14)23-17(24)12-28-18(25)8-9-22-19(26)15-6-4-10-27-15/h4,6,10H,1-3,5,7-9,12H2,(H,22,26)(H,23,24). The van der Waals surface area contributed by atoms with Gasteiger partial charge in [-0.05, 0) is 43.4 Å². The summed E-state index contributed by atoms with van der Waals surface area (Å²) < 4.78 is 9.88. The molecule has 0 unspecified atom stereocenters. The predicted molar refractivity (Wildman–Crippen MR) is 106 cm³/mol. The number of furan rings is 1. The number of thiophene rings is 1. The van der Waals surface area contributed by atoms with Crippen molar-refractivity contribution in [2.45, 2.75) is 38.5 Å². The second kappa shape index (κ2) is 9.89. The number of nitriles is 1. The zero-order valence-electron chi connectivity index (χ0n) is 15.8. The molecule has 1 aliphatic carbocycles. The van der Waals surface area contributed by atoms with Crippen molar-refractivity contribution < 1.29 is 23.5 Å². The fraction of sp³-hybridized carbons (Fsp3) is 0.400. The van der Waals surface area contributed by atoms with Gasteiger partial charge in [-0.1, -0.05) is 6.42 Å². The minimum atomic E-state index is -0.609. The number of amides is 2. The van der Waals surface area contributed by atoms with Crippen molar-refractivity contribution in [1.29, 1.82) is 5.26 Å². The van der Waals surface area contributed by atoms with Gasteiger partial charge < -0.3 is 19.8 Å². The Balaban J connectivity index is 1.43. The van der Waals surface area contributed by atoms with Crippen LogP contribution in [0.15, 0.2) is 22.8 Å². The maximum atomic E-state index is 12.1. The van der Waals surface area contributed by atoms with E-state index in [2.05, 4.69) is 16.7 Å². The zero-order valence-corrected chi connectivity index (χ0v) is 16.6. The van der Waals surface area contributed by atoms with Crippen LogP contribution in [0.3, 0.4) is 0 Å². The molecular weight excluding hydrogens is 394 g/mol. The highest BCUT2D eigenvalue weighted by Crippen LogP contribution is 2.36. The number of fused-ring (bicyclic) bond motifs is 1. The molecule has 0 spiro atoms. The molecule has 3 rings (SSSR count). The van der Waals surface area contributed by atoms with E-state index in [0.717, 1.165) is 42.5 Å². The normalized spacial score (nSPS) is 12.9. The van der Waals surface area contributed by atoms with Gasteiger partial charge in [0.25, 0.3) is 11.8 Å². The van der Waals surface area contributed by atoms with Gasteiger partial charge in [0, 0.05) is 11.4 Å². The number of nitrogens with zero attached hydrogens (tertiary/aromatic N) is 1. The summed E-state index contributed by atoms with van der Waals surface area (Å²) in [5.74, 6) is -1.38. The van der Waals surface area contributed by atoms with Gasteiger partial charge in [0.05, 0.1) is 18.2 Å². The summed E-state index contributed by atoms with van der Waals surface area (Å²) in [5.41, 5.74) is 1.56. The number of ether oxygens (including phenoxy) is 1. The average molecular weight is 415 g/mol. The summed E-state index contributed by atoms with van der Waals surface area (Å²) in [7, 11) is 0. The van der Waals surface area contributed by atoms with Gasteiger partial charge in [0.2, 0.25) is 0 Å². The third-order valence-electron chi connectivity index (χ3n) is 4.51. The molecule has 0 atom stereocenters. The molecular formula is C20H21N3O5S. The highest BCUT2D eigenvalue weighted by atomic mass is 32.1. The molecule has 0 saturated heterocycles. The lowest BCUT2D eigenvalue weighted by atomic mass is 10.1. The van der Waals surface area contributed by atoms with Crippen molar-refractivity contribution in [2.24, 2.45) is 0 Å². The van der Waals surface area contributed by atoms with Crippen LogP contribution in [0.1, 0.15) is 52.2 Å². The molecule has 2 N–H and O–H groups in total. The third-order valence-corrected chi connectivity index (χ3v) is 5.72. The Hall–Kier alpha value is -3.12. The summed E-state index contributed by atoms with van der Waals surface area (Å²) in [4.78, 5) is 36.7. The first-order valence-corrected chi connectivity index (χ1v) is 10.2. The van der Waals surface area contributed by atoms with E-state index in [1.54, 1.807) is 6.07 Å². The monoisotopic (exact) mass is 415 g/mol. The molecule has 0 saturated carbocycles. The average Bonchev–Trinajstić information content (AvgIpc) is 3.29. The SMILES string of the molecule is N#Cc1c(NC(=O)COC(=O)CCNC(=O)c2ccco2)sc2c1CCCCC2. The van der Waals surface area contributed by atoms with Gasteiger partial charge in [-0.3, -0.25) is 14.4 Å². The van der Waals surface area contributed by atoms with E-state index in [1.807, 2.05) is 0 Å². The van der Waals surface area contributed by atoms with Crippen LogP contribution in [0.2, 0.25) is 0 Å². The Kier molecular flexibility index (Phi) is 7.03. The van der Waals surface area contributed by atoms with E-state index in [1.165, 1.54) is 23.7 Å². The van der Waals surface area contributed by atoms with Crippen molar-refractivity contribution in [3.8, 4) is 6.07 Å². The number of nitrogens with one attached hydrogen (secondary N) is 2. The number of anilines is 1. The molecule has 0 bridgehead atoms. The molecule has 0 fully saturated rings. The zero-order chi connectivity index (χ0) is 20.6. The lowest BCUT2D eigenvalue weighted by molar-refractivity contribution is -0.147. The van der Waals surface area contributed by atoms with Crippen molar-refractivity contribution in [3.63, 3.8) is 0 Å². The molecule has 0 radical (unpaired) electrons. The Morgan fingerprint density at radius 3 is 2.83 bits per heavy atom. The van der Waals surface area contributed by atoms with Crippen LogP contribution in [0, 0.1) is 11.3 Å². The maximum absolute atomic E-state index is 12.1. The number of aryl methyl sites for hydroxylation is 1. The van der Waals surface area contributed by atoms with Gasteiger partial charge >= 0.3 is 5.97 Å². The minimum Gasteiger partial charge on any atom is -0.459 e. The first-order valence-electron chi connectivity index (χ1n) is 9.40. The molecule has 8 nitrogen and oxygen atoms in total. The summed E-state index contributed by atoms with van der Waals surface area (Å²) >= 11 is 1.43. The fourth-order valence-corrected chi connectivity index (χ4v) is 4.36. The summed E-state index contributed by atoms with van der Waals surface area (Å²) in [6.45, 7) is -0.380.